The highest BCUT2D eigenvalue weighted by atomic mass is 16.5. The van der Waals surface area contributed by atoms with Crippen molar-refractivity contribution in [2.45, 2.75) is 92.7 Å². The molecular weight excluding hydrogens is 286 g/mol. The minimum absolute atomic E-state index is 0.118. The van der Waals surface area contributed by atoms with E-state index in [0.29, 0.717) is 11.3 Å². The molecule has 1 rings (SSSR count). The van der Waals surface area contributed by atoms with Crippen molar-refractivity contribution in [3.63, 3.8) is 0 Å². The van der Waals surface area contributed by atoms with Gasteiger partial charge in [0.1, 0.15) is 0 Å². The van der Waals surface area contributed by atoms with Crippen LogP contribution in [-0.4, -0.2) is 27.2 Å². The molecule has 4 heteroatoms. The Hall–Kier alpha value is -0.900. The van der Waals surface area contributed by atoms with Crippen LogP contribution >= 0.6 is 0 Å². The first kappa shape index (κ1) is 20.1. The van der Waals surface area contributed by atoms with Gasteiger partial charge in [-0.2, -0.15) is 0 Å². The van der Waals surface area contributed by atoms with Gasteiger partial charge in [0.15, 0.2) is 0 Å². The lowest BCUT2D eigenvalue weighted by Crippen LogP contribution is -2.28. The molecule has 1 unspecified atom stereocenters. The summed E-state index contributed by atoms with van der Waals surface area (Å²) in [7, 11) is 0. The molecule has 0 aromatic carbocycles. The first-order valence-corrected chi connectivity index (χ1v) is 9.14. The van der Waals surface area contributed by atoms with Crippen LogP contribution in [0.1, 0.15) is 79.8 Å². The van der Waals surface area contributed by atoms with Gasteiger partial charge < -0.3 is 4.74 Å². The summed E-state index contributed by atoms with van der Waals surface area (Å²) in [6.07, 6.45) is 7.64. The van der Waals surface area contributed by atoms with Gasteiger partial charge in [-0.15, -0.1) is 5.10 Å². The van der Waals surface area contributed by atoms with E-state index in [1.54, 1.807) is 0 Å². The molecule has 0 aliphatic heterocycles. The van der Waals surface area contributed by atoms with Gasteiger partial charge in [-0.25, -0.2) is 0 Å². The van der Waals surface area contributed by atoms with Crippen LogP contribution in [0.2, 0.25) is 0 Å². The number of aryl methyl sites for hydroxylation is 1. The Bertz CT molecular complexity index is 446. The van der Waals surface area contributed by atoms with E-state index in [1.165, 1.54) is 12.8 Å². The zero-order chi connectivity index (χ0) is 17.5. The largest absolute Gasteiger partial charge is 0.375 e. The molecule has 1 heterocycles. The molecule has 0 aliphatic carbocycles. The monoisotopic (exact) mass is 323 g/mol. The smallest absolute Gasteiger partial charge is 0.0829 e. The molecule has 0 spiro atoms. The summed E-state index contributed by atoms with van der Waals surface area (Å²) in [5.41, 5.74) is 1.32. The number of hydrogen-bond donors (Lipinski definition) is 0. The number of ether oxygens (including phenoxy) is 1. The third-order valence-electron chi connectivity index (χ3n) is 4.21. The second-order valence-electron chi connectivity index (χ2n) is 8.74. The Balaban J connectivity index is 2.37. The Morgan fingerprint density at radius 3 is 2.48 bits per heavy atom. The van der Waals surface area contributed by atoms with Gasteiger partial charge in [-0.3, -0.25) is 4.68 Å². The number of aromatic nitrogens is 3. The van der Waals surface area contributed by atoms with E-state index in [9.17, 15) is 0 Å². The topological polar surface area (TPSA) is 39.9 Å². The van der Waals surface area contributed by atoms with Gasteiger partial charge in [0.2, 0.25) is 0 Å². The molecule has 0 bridgehead atoms. The van der Waals surface area contributed by atoms with E-state index in [2.05, 4.69) is 65.0 Å². The average Bonchev–Trinajstić information content (AvgIpc) is 2.82. The molecule has 4 nitrogen and oxygen atoms in total. The van der Waals surface area contributed by atoms with Gasteiger partial charge >= 0.3 is 0 Å². The summed E-state index contributed by atoms with van der Waals surface area (Å²) in [6.45, 7) is 17.3. The van der Waals surface area contributed by atoms with Gasteiger partial charge in [0, 0.05) is 19.3 Å². The van der Waals surface area contributed by atoms with E-state index in [-0.39, 0.29) is 5.60 Å². The Labute approximate surface area is 143 Å². The standard InChI is InChI=1S/C19H37N3O/c1-8-9-16(2)14-17-15-22(21-20-17)12-10-19(6,7)23-13-11-18(3,4)5/h15-16H,8-14H2,1-7H3. The summed E-state index contributed by atoms with van der Waals surface area (Å²) < 4.78 is 8.03. The van der Waals surface area contributed by atoms with Gasteiger partial charge in [0.05, 0.1) is 11.3 Å². The lowest BCUT2D eigenvalue weighted by Gasteiger charge is -2.27. The van der Waals surface area contributed by atoms with Crippen LogP contribution in [0, 0.1) is 11.3 Å². The Kier molecular flexibility index (Phi) is 7.72. The summed E-state index contributed by atoms with van der Waals surface area (Å²) in [5.74, 6) is 0.683. The van der Waals surface area contributed by atoms with Crippen molar-refractivity contribution in [1.82, 2.24) is 15.0 Å². The number of nitrogens with zero attached hydrogens (tertiary/aromatic N) is 3. The molecule has 0 radical (unpaired) electrons. The van der Waals surface area contributed by atoms with Crippen molar-refractivity contribution in [3.05, 3.63) is 11.9 Å². The molecule has 0 saturated carbocycles. The maximum Gasteiger partial charge on any atom is 0.0829 e. The lowest BCUT2D eigenvalue weighted by molar-refractivity contribution is -0.0360. The minimum atomic E-state index is -0.118. The predicted molar refractivity (Wildman–Crippen MR) is 96.5 cm³/mol. The van der Waals surface area contributed by atoms with E-state index in [0.717, 1.165) is 38.1 Å². The van der Waals surface area contributed by atoms with E-state index < -0.39 is 0 Å². The Morgan fingerprint density at radius 1 is 1.17 bits per heavy atom. The van der Waals surface area contributed by atoms with Gasteiger partial charge in [-0.1, -0.05) is 52.7 Å². The van der Waals surface area contributed by atoms with Crippen molar-refractivity contribution in [3.8, 4) is 0 Å². The molecule has 0 aliphatic rings. The highest BCUT2D eigenvalue weighted by Gasteiger charge is 2.20. The maximum atomic E-state index is 6.07. The first-order chi connectivity index (χ1) is 10.6. The zero-order valence-corrected chi connectivity index (χ0v) is 16.4. The molecule has 23 heavy (non-hydrogen) atoms. The fourth-order valence-corrected chi connectivity index (χ4v) is 2.58. The lowest BCUT2D eigenvalue weighted by atomic mass is 9.93. The first-order valence-electron chi connectivity index (χ1n) is 9.14. The van der Waals surface area contributed by atoms with Gasteiger partial charge in [-0.05, 0) is 44.4 Å². The predicted octanol–water partition coefficient (Wildman–Crippen LogP) is 4.88. The summed E-state index contributed by atoms with van der Waals surface area (Å²) >= 11 is 0. The molecule has 1 atom stereocenters. The number of rotatable bonds is 10. The van der Waals surface area contributed by atoms with Crippen LogP contribution in [0.15, 0.2) is 6.20 Å². The average molecular weight is 324 g/mol. The van der Waals surface area contributed by atoms with Crippen molar-refractivity contribution in [1.29, 1.82) is 0 Å². The Morgan fingerprint density at radius 2 is 1.87 bits per heavy atom. The number of hydrogen-bond acceptors (Lipinski definition) is 3. The van der Waals surface area contributed by atoms with E-state index in [4.69, 9.17) is 4.74 Å². The van der Waals surface area contributed by atoms with Crippen molar-refractivity contribution in [2.75, 3.05) is 6.61 Å². The molecule has 0 saturated heterocycles. The molecule has 1 aromatic heterocycles. The van der Waals surface area contributed by atoms with E-state index in [1.807, 2.05) is 4.68 Å². The summed E-state index contributed by atoms with van der Waals surface area (Å²) in [6, 6.07) is 0. The molecule has 0 fully saturated rings. The van der Waals surface area contributed by atoms with Crippen molar-refractivity contribution < 1.29 is 4.74 Å². The second-order valence-corrected chi connectivity index (χ2v) is 8.74. The third-order valence-corrected chi connectivity index (χ3v) is 4.21. The molecule has 0 amide bonds. The quantitative estimate of drug-likeness (QED) is 0.616. The molecule has 1 aromatic rings. The molecule has 0 N–H and O–H groups in total. The van der Waals surface area contributed by atoms with Crippen LogP contribution < -0.4 is 0 Å². The highest BCUT2D eigenvalue weighted by molar-refractivity contribution is 4.93. The minimum Gasteiger partial charge on any atom is -0.375 e. The van der Waals surface area contributed by atoms with Crippen LogP contribution in [0.5, 0.6) is 0 Å². The van der Waals surface area contributed by atoms with Crippen LogP contribution in [0.4, 0.5) is 0 Å². The zero-order valence-electron chi connectivity index (χ0n) is 16.4. The SMILES string of the molecule is CCCC(C)Cc1cn(CCC(C)(C)OCCC(C)(C)C)nn1. The summed E-state index contributed by atoms with van der Waals surface area (Å²) in [5, 5.41) is 8.57. The van der Waals surface area contributed by atoms with Crippen molar-refractivity contribution >= 4 is 0 Å². The van der Waals surface area contributed by atoms with Gasteiger partial charge in [0.25, 0.3) is 0 Å². The van der Waals surface area contributed by atoms with Crippen LogP contribution in [0.3, 0.4) is 0 Å². The second kappa shape index (κ2) is 8.81. The molecular formula is C19H37N3O. The molecule has 134 valence electrons. The van der Waals surface area contributed by atoms with Crippen LogP contribution in [-0.2, 0) is 17.7 Å². The highest BCUT2D eigenvalue weighted by Crippen LogP contribution is 2.22. The fourth-order valence-electron chi connectivity index (χ4n) is 2.58. The fraction of sp³-hybridized carbons (Fsp3) is 0.895. The summed E-state index contributed by atoms with van der Waals surface area (Å²) in [4.78, 5) is 0. The van der Waals surface area contributed by atoms with Crippen LogP contribution in [0.25, 0.3) is 0 Å². The van der Waals surface area contributed by atoms with E-state index >= 15 is 0 Å². The normalized spacial score (nSPS) is 14.2. The van der Waals surface area contributed by atoms with Crippen molar-refractivity contribution in [2.24, 2.45) is 11.3 Å². The third kappa shape index (κ3) is 9.09. The maximum absolute atomic E-state index is 6.07.